The van der Waals surface area contributed by atoms with Gasteiger partial charge in [0.25, 0.3) is 0 Å². The molecule has 22 heavy (non-hydrogen) atoms. The third kappa shape index (κ3) is 2.15. The van der Waals surface area contributed by atoms with Gasteiger partial charge < -0.3 is 9.47 Å². The third-order valence-electron chi connectivity index (χ3n) is 7.56. The van der Waals surface area contributed by atoms with Gasteiger partial charge in [0.2, 0.25) is 0 Å². The van der Waals surface area contributed by atoms with Gasteiger partial charge in [0, 0.05) is 5.92 Å². The SMILES string of the molecule is CC1C2CC(C(=O)OC(C)(C)C3CC4CCC3O4)C(C2)C1C. The van der Waals surface area contributed by atoms with E-state index in [1.54, 1.807) is 0 Å². The number of carbonyl (C=O) groups excluding carboxylic acids is 1. The standard InChI is InChI=1S/C19H30O3/c1-10-11(2)14-7-12(10)8-15(14)18(20)22-19(3,4)16-9-13-5-6-17(16)21-13/h10-17H,5-9H2,1-4H3. The summed E-state index contributed by atoms with van der Waals surface area (Å²) < 4.78 is 12.0. The van der Waals surface area contributed by atoms with Crippen molar-refractivity contribution in [2.45, 2.75) is 77.6 Å². The second-order valence-corrected chi connectivity index (χ2v) is 8.96. The summed E-state index contributed by atoms with van der Waals surface area (Å²) in [5, 5.41) is 0. The molecule has 4 rings (SSSR count). The highest BCUT2D eigenvalue weighted by atomic mass is 16.6. The highest BCUT2D eigenvalue weighted by molar-refractivity contribution is 5.74. The fourth-order valence-corrected chi connectivity index (χ4v) is 5.99. The van der Waals surface area contributed by atoms with Crippen LogP contribution in [0.15, 0.2) is 0 Å². The summed E-state index contributed by atoms with van der Waals surface area (Å²) in [6.45, 7) is 8.87. The molecule has 0 aromatic carbocycles. The molecule has 0 aromatic rings. The third-order valence-corrected chi connectivity index (χ3v) is 7.56. The van der Waals surface area contributed by atoms with Crippen molar-refractivity contribution in [3.8, 4) is 0 Å². The highest BCUT2D eigenvalue weighted by Gasteiger charge is 2.54. The molecule has 8 atom stereocenters. The van der Waals surface area contributed by atoms with Gasteiger partial charge in [-0.05, 0) is 69.6 Å². The molecule has 2 heterocycles. The molecule has 124 valence electrons. The molecule has 8 unspecified atom stereocenters. The van der Waals surface area contributed by atoms with Gasteiger partial charge in [0.1, 0.15) is 5.60 Å². The number of ether oxygens (including phenoxy) is 2. The van der Waals surface area contributed by atoms with Gasteiger partial charge >= 0.3 is 5.97 Å². The minimum absolute atomic E-state index is 0.0685. The van der Waals surface area contributed by atoms with E-state index in [0.717, 1.165) is 31.1 Å². The molecule has 4 aliphatic rings. The Hall–Kier alpha value is -0.570. The molecule has 0 amide bonds. The first-order valence-electron chi connectivity index (χ1n) is 9.25. The zero-order valence-corrected chi connectivity index (χ0v) is 14.4. The van der Waals surface area contributed by atoms with Gasteiger partial charge in [0.15, 0.2) is 0 Å². The quantitative estimate of drug-likeness (QED) is 0.744. The molecule has 2 aliphatic heterocycles. The first-order valence-corrected chi connectivity index (χ1v) is 9.25. The Morgan fingerprint density at radius 2 is 1.86 bits per heavy atom. The Morgan fingerprint density at radius 3 is 2.41 bits per heavy atom. The average molecular weight is 306 g/mol. The number of hydrogen-bond donors (Lipinski definition) is 0. The number of carbonyl (C=O) groups is 1. The maximum atomic E-state index is 12.8. The van der Waals surface area contributed by atoms with Crippen LogP contribution in [-0.4, -0.2) is 23.8 Å². The number of esters is 1. The van der Waals surface area contributed by atoms with E-state index in [0.29, 0.717) is 30.0 Å². The van der Waals surface area contributed by atoms with Gasteiger partial charge in [-0.15, -0.1) is 0 Å². The second-order valence-electron chi connectivity index (χ2n) is 8.96. The van der Waals surface area contributed by atoms with Gasteiger partial charge in [-0.3, -0.25) is 4.79 Å². The molecule has 2 saturated carbocycles. The van der Waals surface area contributed by atoms with Crippen LogP contribution < -0.4 is 0 Å². The van der Waals surface area contributed by atoms with Crippen molar-refractivity contribution in [1.29, 1.82) is 0 Å². The number of rotatable bonds is 3. The molecule has 4 fully saturated rings. The second kappa shape index (κ2) is 4.96. The van der Waals surface area contributed by atoms with Crippen LogP contribution in [0.4, 0.5) is 0 Å². The van der Waals surface area contributed by atoms with Crippen molar-refractivity contribution in [3.05, 3.63) is 0 Å². The predicted octanol–water partition coefficient (Wildman–Crippen LogP) is 3.80. The lowest BCUT2D eigenvalue weighted by Gasteiger charge is -2.38. The van der Waals surface area contributed by atoms with Crippen molar-refractivity contribution in [3.63, 3.8) is 0 Å². The Labute approximate surface area is 134 Å². The van der Waals surface area contributed by atoms with E-state index in [2.05, 4.69) is 27.7 Å². The predicted molar refractivity (Wildman–Crippen MR) is 84.2 cm³/mol. The van der Waals surface area contributed by atoms with Crippen LogP contribution >= 0.6 is 0 Å². The van der Waals surface area contributed by atoms with Crippen LogP contribution in [0.2, 0.25) is 0 Å². The summed E-state index contributed by atoms with van der Waals surface area (Å²) in [4.78, 5) is 12.8. The average Bonchev–Trinajstić information content (AvgIpc) is 3.21. The van der Waals surface area contributed by atoms with Gasteiger partial charge in [-0.2, -0.15) is 0 Å². The van der Waals surface area contributed by atoms with Crippen molar-refractivity contribution >= 4 is 5.97 Å². The molecule has 0 N–H and O–H groups in total. The Morgan fingerprint density at radius 1 is 1.09 bits per heavy atom. The Bertz CT molecular complexity index is 469. The molecular formula is C19H30O3. The van der Waals surface area contributed by atoms with Crippen LogP contribution in [0.1, 0.15) is 59.8 Å². The zero-order chi connectivity index (χ0) is 15.6. The minimum Gasteiger partial charge on any atom is -0.459 e. The first kappa shape index (κ1) is 15.0. The van der Waals surface area contributed by atoms with E-state index < -0.39 is 0 Å². The van der Waals surface area contributed by atoms with Crippen molar-refractivity contribution < 1.29 is 14.3 Å². The normalized spacial score (nSPS) is 49.8. The van der Waals surface area contributed by atoms with E-state index >= 15 is 0 Å². The Balaban J connectivity index is 1.42. The summed E-state index contributed by atoms with van der Waals surface area (Å²) in [5.41, 5.74) is -0.381. The molecule has 3 nitrogen and oxygen atoms in total. The lowest BCUT2D eigenvalue weighted by atomic mass is 9.75. The van der Waals surface area contributed by atoms with Crippen LogP contribution in [0.25, 0.3) is 0 Å². The largest absolute Gasteiger partial charge is 0.459 e. The summed E-state index contributed by atoms with van der Waals surface area (Å²) in [7, 11) is 0. The van der Waals surface area contributed by atoms with Crippen LogP contribution in [-0.2, 0) is 14.3 Å². The van der Waals surface area contributed by atoms with Crippen molar-refractivity contribution in [2.75, 3.05) is 0 Å². The molecular weight excluding hydrogens is 276 g/mol. The molecule has 3 heteroatoms. The smallest absolute Gasteiger partial charge is 0.309 e. The van der Waals surface area contributed by atoms with Gasteiger partial charge in [-0.1, -0.05) is 13.8 Å². The summed E-state index contributed by atoms with van der Waals surface area (Å²) in [5.74, 6) is 3.34. The van der Waals surface area contributed by atoms with Crippen LogP contribution in [0, 0.1) is 35.5 Å². The van der Waals surface area contributed by atoms with Gasteiger partial charge in [-0.25, -0.2) is 0 Å². The summed E-state index contributed by atoms with van der Waals surface area (Å²) in [6, 6.07) is 0. The maximum Gasteiger partial charge on any atom is 0.309 e. The lowest BCUT2D eigenvalue weighted by molar-refractivity contribution is -0.171. The van der Waals surface area contributed by atoms with Gasteiger partial charge in [0.05, 0.1) is 18.1 Å². The van der Waals surface area contributed by atoms with E-state index in [1.165, 1.54) is 12.8 Å². The molecule has 0 radical (unpaired) electrons. The van der Waals surface area contributed by atoms with E-state index in [-0.39, 0.29) is 17.5 Å². The minimum atomic E-state index is -0.381. The van der Waals surface area contributed by atoms with E-state index in [4.69, 9.17) is 9.47 Å². The van der Waals surface area contributed by atoms with Crippen LogP contribution in [0.3, 0.4) is 0 Å². The molecule has 2 saturated heterocycles. The van der Waals surface area contributed by atoms with Crippen molar-refractivity contribution in [1.82, 2.24) is 0 Å². The maximum absolute atomic E-state index is 12.8. The zero-order valence-electron chi connectivity index (χ0n) is 14.4. The number of hydrogen-bond acceptors (Lipinski definition) is 3. The first-order chi connectivity index (χ1) is 10.4. The van der Waals surface area contributed by atoms with E-state index in [1.807, 2.05) is 0 Å². The fourth-order valence-electron chi connectivity index (χ4n) is 5.99. The molecule has 0 spiro atoms. The molecule has 2 aliphatic carbocycles. The van der Waals surface area contributed by atoms with Crippen LogP contribution in [0.5, 0.6) is 0 Å². The molecule has 4 bridgehead atoms. The summed E-state index contributed by atoms with van der Waals surface area (Å²) >= 11 is 0. The monoisotopic (exact) mass is 306 g/mol. The van der Waals surface area contributed by atoms with Crippen molar-refractivity contribution in [2.24, 2.45) is 35.5 Å². The summed E-state index contributed by atoms with van der Waals surface area (Å²) in [6.07, 6.45) is 6.40. The Kier molecular flexibility index (Phi) is 3.38. The lowest BCUT2D eigenvalue weighted by Crippen LogP contribution is -2.44. The highest BCUT2D eigenvalue weighted by Crippen LogP contribution is 2.55. The number of fused-ring (bicyclic) bond motifs is 4. The fraction of sp³-hybridized carbons (Fsp3) is 0.947. The molecule has 0 aromatic heterocycles. The van der Waals surface area contributed by atoms with E-state index in [9.17, 15) is 4.79 Å². The topological polar surface area (TPSA) is 35.5 Å².